The van der Waals surface area contributed by atoms with Crippen LogP contribution in [-0.4, -0.2) is 24.4 Å². The summed E-state index contributed by atoms with van der Waals surface area (Å²) < 4.78 is 4.92. The number of amides is 1. The molecule has 1 aromatic heterocycles. The van der Waals surface area contributed by atoms with E-state index < -0.39 is 0 Å². The van der Waals surface area contributed by atoms with Gasteiger partial charge in [0.1, 0.15) is 0 Å². The second kappa shape index (κ2) is 4.67. The van der Waals surface area contributed by atoms with Gasteiger partial charge in [-0.05, 0) is 13.1 Å². The molecule has 0 aliphatic carbocycles. The van der Waals surface area contributed by atoms with Crippen molar-refractivity contribution in [3.63, 3.8) is 0 Å². The molecule has 0 aliphatic rings. The molecule has 0 radical (unpaired) electrons. The summed E-state index contributed by atoms with van der Waals surface area (Å²) in [7, 11) is 1.94. The molecule has 0 atom stereocenters. The highest BCUT2D eigenvalue weighted by Gasteiger charge is 2.02. The summed E-state index contributed by atoms with van der Waals surface area (Å²) in [5.74, 6) is -0.265. The van der Waals surface area contributed by atoms with Gasteiger partial charge in [0.2, 0.25) is 5.91 Å². The van der Waals surface area contributed by atoms with Gasteiger partial charge in [-0.3, -0.25) is 4.79 Å². The first-order valence-electron chi connectivity index (χ1n) is 4.16. The third kappa shape index (κ3) is 3.75. The molecule has 1 amide bonds. The molecule has 1 heterocycles. The fourth-order valence-electron chi connectivity index (χ4n) is 1.07. The molecular weight excluding hydrogens is 168 g/mol. The van der Waals surface area contributed by atoms with E-state index in [1.807, 2.05) is 18.0 Å². The second-order valence-electron chi connectivity index (χ2n) is 3.09. The smallest absolute Gasteiger partial charge is 0.218 e. The van der Waals surface area contributed by atoms with E-state index in [0.717, 1.165) is 12.1 Å². The number of furan rings is 1. The number of hydrogen-bond donors (Lipinski definition) is 1. The number of nitrogens with two attached hydrogens (primary N) is 1. The van der Waals surface area contributed by atoms with E-state index in [2.05, 4.69) is 0 Å². The maximum Gasteiger partial charge on any atom is 0.218 e. The van der Waals surface area contributed by atoms with Crippen molar-refractivity contribution < 1.29 is 9.21 Å². The summed E-state index contributed by atoms with van der Waals surface area (Å²) in [6.45, 7) is 1.46. The number of carbonyl (C=O) groups excluding carboxylic acids is 1. The molecule has 2 N–H and O–H groups in total. The van der Waals surface area contributed by atoms with Crippen molar-refractivity contribution >= 4 is 5.91 Å². The van der Waals surface area contributed by atoms with Crippen molar-refractivity contribution in [2.45, 2.75) is 13.0 Å². The zero-order valence-electron chi connectivity index (χ0n) is 7.69. The summed E-state index contributed by atoms with van der Waals surface area (Å²) >= 11 is 0. The van der Waals surface area contributed by atoms with Gasteiger partial charge in [0, 0.05) is 25.1 Å². The average Bonchev–Trinajstić information content (AvgIpc) is 2.53. The van der Waals surface area contributed by atoms with Crippen molar-refractivity contribution in [3.8, 4) is 0 Å². The molecule has 0 aromatic carbocycles. The summed E-state index contributed by atoms with van der Waals surface area (Å²) in [5, 5.41) is 0. The van der Waals surface area contributed by atoms with Crippen LogP contribution in [0.2, 0.25) is 0 Å². The Balaban J connectivity index is 2.25. The number of carbonyl (C=O) groups is 1. The van der Waals surface area contributed by atoms with Gasteiger partial charge in [0.25, 0.3) is 0 Å². The Bertz CT molecular complexity index is 257. The van der Waals surface area contributed by atoms with Crippen molar-refractivity contribution in [2.75, 3.05) is 13.6 Å². The first kappa shape index (κ1) is 9.80. The normalized spacial score (nSPS) is 10.6. The standard InChI is InChI=1S/C9H14N2O2/c1-11(4-2-9(10)12)6-8-3-5-13-7-8/h3,5,7H,2,4,6H2,1H3,(H2,10,12). The van der Waals surface area contributed by atoms with Crippen LogP contribution >= 0.6 is 0 Å². The lowest BCUT2D eigenvalue weighted by Gasteiger charge is -2.13. The van der Waals surface area contributed by atoms with Crippen LogP contribution < -0.4 is 5.73 Å². The van der Waals surface area contributed by atoms with E-state index in [0.29, 0.717) is 13.0 Å². The second-order valence-corrected chi connectivity index (χ2v) is 3.09. The summed E-state index contributed by atoms with van der Waals surface area (Å²) in [6, 6.07) is 1.90. The van der Waals surface area contributed by atoms with Gasteiger partial charge in [0.05, 0.1) is 12.5 Å². The summed E-state index contributed by atoms with van der Waals surface area (Å²) in [4.78, 5) is 12.5. The van der Waals surface area contributed by atoms with E-state index in [4.69, 9.17) is 10.2 Å². The Morgan fingerprint density at radius 3 is 3.00 bits per heavy atom. The molecule has 0 fully saturated rings. The van der Waals surface area contributed by atoms with Gasteiger partial charge in [-0.15, -0.1) is 0 Å². The molecule has 0 aliphatic heterocycles. The van der Waals surface area contributed by atoms with Crippen LogP contribution in [0.4, 0.5) is 0 Å². The minimum absolute atomic E-state index is 0.265. The lowest BCUT2D eigenvalue weighted by Crippen LogP contribution is -2.23. The minimum Gasteiger partial charge on any atom is -0.472 e. The van der Waals surface area contributed by atoms with Crippen LogP contribution in [0, 0.1) is 0 Å². The van der Waals surface area contributed by atoms with Crippen LogP contribution in [-0.2, 0) is 11.3 Å². The Morgan fingerprint density at radius 2 is 2.46 bits per heavy atom. The summed E-state index contributed by atoms with van der Waals surface area (Å²) in [6.07, 6.45) is 3.73. The molecule has 0 saturated heterocycles. The van der Waals surface area contributed by atoms with Crippen LogP contribution in [0.1, 0.15) is 12.0 Å². The first-order valence-corrected chi connectivity index (χ1v) is 4.16. The topological polar surface area (TPSA) is 59.5 Å². The molecule has 4 nitrogen and oxygen atoms in total. The Kier molecular flexibility index (Phi) is 3.52. The zero-order chi connectivity index (χ0) is 9.68. The van der Waals surface area contributed by atoms with Crippen LogP contribution in [0.25, 0.3) is 0 Å². The number of nitrogens with zero attached hydrogens (tertiary/aromatic N) is 1. The molecule has 0 bridgehead atoms. The third-order valence-electron chi connectivity index (χ3n) is 1.77. The minimum atomic E-state index is -0.265. The first-order chi connectivity index (χ1) is 6.18. The zero-order valence-corrected chi connectivity index (χ0v) is 7.69. The van der Waals surface area contributed by atoms with Gasteiger partial charge in [-0.25, -0.2) is 0 Å². The lowest BCUT2D eigenvalue weighted by atomic mass is 10.3. The van der Waals surface area contributed by atoms with Crippen molar-refractivity contribution in [2.24, 2.45) is 5.73 Å². The quantitative estimate of drug-likeness (QED) is 0.724. The molecule has 4 heteroatoms. The number of hydrogen-bond acceptors (Lipinski definition) is 3. The molecule has 0 spiro atoms. The molecule has 0 saturated carbocycles. The molecule has 0 unspecified atom stereocenters. The van der Waals surface area contributed by atoms with Gasteiger partial charge < -0.3 is 15.1 Å². The van der Waals surface area contributed by atoms with Crippen molar-refractivity contribution in [1.29, 1.82) is 0 Å². The third-order valence-corrected chi connectivity index (χ3v) is 1.77. The molecular formula is C9H14N2O2. The summed E-state index contributed by atoms with van der Waals surface area (Å²) in [5.41, 5.74) is 6.13. The SMILES string of the molecule is CN(CCC(N)=O)Cc1ccoc1. The van der Waals surface area contributed by atoms with Gasteiger partial charge in [0.15, 0.2) is 0 Å². The van der Waals surface area contributed by atoms with Crippen LogP contribution in [0.15, 0.2) is 23.0 Å². The van der Waals surface area contributed by atoms with Crippen LogP contribution in [0.3, 0.4) is 0 Å². The van der Waals surface area contributed by atoms with E-state index >= 15 is 0 Å². The van der Waals surface area contributed by atoms with Crippen molar-refractivity contribution in [1.82, 2.24) is 4.90 Å². The van der Waals surface area contributed by atoms with E-state index in [1.54, 1.807) is 12.5 Å². The van der Waals surface area contributed by atoms with Gasteiger partial charge >= 0.3 is 0 Å². The van der Waals surface area contributed by atoms with Crippen molar-refractivity contribution in [3.05, 3.63) is 24.2 Å². The highest BCUT2D eigenvalue weighted by atomic mass is 16.3. The maximum absolute atomic E-state index is 10.5. The number of primary amides is 1. The van der Waals surface area contributed by atoms with Crippen LogP contribution in [0.5, 0.6) is 0 Å². The highest BCUT2D eigenvalue weighted by molar-refractivity contribution is 5.73. The lowest BCUT2D eigenvalue weighted by molar-refractivity contribution is -0.118. The fourth-order valence-corrected chi connectivity index (χ4v) is 1.07. The van der Waals surface area contributed by atoms with E-state index in [1.165, 1.54) is 0 Å². The molecule has 13 heavy (non-hydrogen) atoms. The van der Waals surface area contributed by atoms with Gasteiger partial charge in [-0.2, -0.15) is 0 Å². The van der Waals surface area contributed by atoms with E-state index in [9.17, 15) is 4.79 Å². The molecule has 72 valence electrons. The van der Waals surface area contributed by atoms with Gasteiger partial charge in [-0.1, -0.05) is 0 Å². The molecule has 1 rings (SSSR count). The maximum atomic E-state index is 10.5. The largest absolute Gasteiger partial charge is 0.472 e. The fraction of sp³-hybridized carbons (Fsp3) is 0.444. The van der Waals surface area contributed by atoms with E-state index in [-0.39, 0.29) is 5.91 Å². The number of rotatable bonds is 5. The molecule has 1 aromatic rings. The Hall–Kier alpha value is -1.29. The highest BCUT2D eigenvalue weighted by Crippen LogP contribution is 2.03. The predicted molar refractivity (Wildman–Crippen MR) is 48.9 cm³/mol. The predicted octanol–water partition coefficient (Wildman–Crippen LogP) is 0.587. The monoisotopic (exact) mass is 182 g/mol. The average molecular weight is 182 g/mol. The Morgan fingerprint density at radius 1 is 1.69 bits per heavy atom. The Labute approximate surface area is 77.3 Å².